The van der Waals surface area contributed by atoms with Crippen LogP contribution in [0.3, 0.4) is 0 Å². The van der Waals surface area contributed by atoms with Crippen molar-refractivity contribution in [3.8, 4) is 0 Å². The fraction of sp³-hybridized carbons (Fsp3) is 0.300. The van der Waals surface area contributed by atoms with Gasteiger partial charge < -0.3 is 0 Å². The summed E-state index contributed by atoms with van der Waals surface area (Å²) in [5.41, 5.74) is 0.458. The lowest BCUT2D eigenvalue weighted by Crippen LogP contribution is -1.87. The second-order valence-corrected chi connectivity index (χ2v) is 1.97. The summed E-state index contributed by atoms with van der Waals surface area (Å²) in [6.07, 6.45) is 6.47. The summed E-state index contributed by atoms with van der Waals surface area (Å²) in [6, 6.07) is 0. The number of carbonyl (C=O) groups excluding carboxylic acids is 1. The summed E-state index contributed by atoms with van der Waals surface area (Å²) in [7, 11) is 0. The summed E-state index contributed by atoms with van der Waals surface area (Å²) in [5, 5.41) is -0.460. The highest BCUT2D eigenvalue weighted by molar-refractivity contribution is 6.68. The van der Waals surface area contributed by atoms with Crippen LogP contribution < -0.4 is 0 Å². The molecule has 12 heavy (non-hydrogen) atoms. The van der Waals surface area contributed by atoms with E-state index in [4.69, 9.17) is 11.6 Å². The van der Waals surface area contributed by atoms with Gasteiger partial charge in [-0.2, -0.15) is 0 Å². The Morgan fingerprint density at radius 3 is 2.17 bits per heavy atom. The minimum atomic E-state index is -0.460. The second kappa shape index (κ2) is 10.2. The molecule has 0 aromatic heterocycles. The minimum Gasteiger partial charge on any atom is -0.276 e. The van der Waals surface area contributed by atoms with Crippen LogP contribution in [0.1, 0.15) is 20.8 Å². The fourth-order valence-electron chi connectivity index (χ4n) is 0.493. The lowest BCUT2D eigenvalue weighted by molar-refractivity contribution is -0.108. The molecule has 0 aromatic rings. The van der Waals surface area contributed by atoms with Crippen LogP contribution in [-0.2, 0) is 4.79 Å². The Morgan fingerprint density at radius 1 is 1.42 bits per heavy atom. The number of halogens is 1. The Labute approximate surface area is 79.4 Å². The maximum atomic E-state index is 10.5. The van der Waals surface area contributed by atoms with Crippen LogP contribution in [-0.4, -0.2) is 5.24 Å². The molecule has 0 fully saturated rings. The molecule has 0 spiro atoms. The van der Waals surface area contributed by atoms with Crippen LogP contribution in [0.2, 0.25) is 0 Å². The Kier molecular flexibility index (Phi) is 11.7. The Hall–Kier alpha value is -0.820. The predicted molar refractivity (Wildman–Crippen MR) is 55.3 cm³/mol. The summed E-state index contributed by atoms with van der Waals surface area (Å²) in [5.74, 6) is 0. The molecule has 0 radical (unpaired) electrons. The fourth-order valence-corrected chi connectivity index (χ4v) is 0.619. The first-order valence-corrected chi connectivity index (χ1v) is 4.25. The van der Waals surface area contributed by atoms with Gasteiger partial charge in [0.1, 0.15) is 0 Å². The van der Waals surface area contributed by atoms with Crippen molar-refractivity contribution in [2.24, 2.45) is 0 Å². The zero-order valence-corrected chi connectivity index (χ0v) is 8.56. The second-order valence-electron chi connectivity index (χ2n) is 1.63. The number of rotatable bonds is 3. The van der Waals surface area contributed by atoms with E-state index in [1.807, 2.05) is 20.8 Å². The van der Waals surface area contributed by atoms with Gasteiger partial charge in [0.25, 0.3) is 5.24 Å². The molecule has 0 aliphatic rings. The third kappa shape index (κ3) is 7.29. The highest BCUT2D eigenvalue weighted by Gasteiger charge is 1.97. The monoisotopic (exact) mass is 186 g/mol. The van der Waals surface area contributed by atoms with Gasteiger partial charge in [-0.25, -0.2) is 0 Å². The van der Waals surface area contributed by atoms with Crippen LogP contribution in [0.4, 0.5) is 0 Å². The lowest BCUT2D eigenvalue weighted by atomic mass is 10.2. The maximum Gasteiger partial charge on any atom is 0.252 e. The Morgan fingerprint density at radius 2 is 1.92 bits per heavy atom. The van der Waals surface area contributed by atoms with Crippen LogP contribution in [0.15, 0.2) is 36.5 Å². The van der Waals surface area contributed by atoms with E-state index in [9.17, 15) is 4.79 Å². The highest BCUT2D eigenvalue weighted by Crippen LogP contribution is 2.01. The highest BCUT2D eigenvalue weighted by atomic mass is 35.5. The van der Waals surface area contributed by atoms with Crippen molar-refractivity contribution in [3.05, 3.63) is 36.5 Å². The zero-order chi connectivity index (χ0) is 9.98. The zero-order valence-electron chi connectivity index (χ0n) is 7.80. The van der Waals surface area contributed by atoms with Crippen molar-refractivity contribution < 1.29 is 4.79 Å². The third-order valence-electron chi connectivity index (χ3n) is 0.871. The molecule has 0 N–H and O–H groups in total. The number of allylic oxidation sites excluding steroid dienone is 5. The summed E-state index contributed by atoms with van der Waals surface area (Å²) in [6.45, 7) is 9.26. The van der Waals surface area contributed by atoms with Gasteiger partial charge >= 0.3 is 0 Å². The van der Waals surface area contributed by atoms with E-state index in [1.165, 1.54) is 6.08 Å². The Balaban J connectivity index is 0. The molecule has 0 atom stereocenters. The minimum absolute atomic E-state index is 0.458. The average Bonchev–Trinajstić information content (AvgIpc) is 2.08. The van der Waals surface area contributed by atoms with Crippen LogP contribution in [0.5, 0.6) is 0 Å². The molecule has 0 unspecified atom stereocenters. The molecule has 0 aliphatic carbocycles. The van der Waals surface area contributed by atoms with Gasteiger partial charge in [0, 0.05) is 5.57 Å². The van der Waals surface area contributed by atoms with Crippen molar-refractivity contribution >= 4 is 16.8 Å². The van der Waals surface area contributed by atoms with E-state index in [2.05, 4.69) is 6.58 Å². The van der Waals surface area contributed by atoms with Gasteiger partial charge in [0.15, 0.2) is 0 Å². The van der Waals surface area contributed by atoms with Crippen molar-refractivity contribution in [3.63, 3.8) is 0 Å². The van der Waals surface area contributed by atoms with E-state index in [-0.39, 0.29) is 0 Å². The first kappa shape index (κ1) is 13.7. The molecule has 0 bridgehead atoms. The third-order valence-corrected chi connectivity index (χ3v) is 1.09. The van der Waals surface area contributed by atoms with Crippen molar-refractivity contribution in [1.29, 1.82) is 0 Å². The number of carbonyl (C=O) groups is 1. The first-order chi connectivity index (χ1) is 5.72. The van der Waals surface area contributed by atoms with Crippen molar-refractivity contribution in [2.45, 2.75) is 20.8 Å². The molecule has 68 valence electrons. The van der Waals surface area contributed by atoms with Gasteiger partial charge in [-0.05, 0) is 18.5 Å². The average molecular weight is 187 g/mol. The molecule has 0 aliphatic heterocycles. The van der Waals surface area contributed by atoms with Crippen molar-refractivity contribution in [1.82, 2.24) is 0 Å². The van der Waals surface area contributed by atoms with Gasteiger partial charge in [-0.3, -0.25) is 4.79 Å². The van der Waals surface area contributed by atoms with E-state index in [0.29, 0.717) is 5.57 Å². The van der Waals surface area contributed by atoms with Crippen LogP contribution >= 0.6 is 11.6 Å². The molecular formula is C10H15ClO. The first-order valence-electron chi connectivity index (χ1n) is 3.87. The molecule has 0 saturated carbocycles. The molecule has 0 amide bonds. The molecule has 0 saturated heterocycles. The van der Waals surface area contributed by atoms with Crippen molar-refractivity contribution in [2.75, 3.05) is 0 Å². The molecule has 0 heterocycles. The largest absolute Gasteiger partial charge is 0.276 e. The van der Waals surface area contributed by atoms with Crippen LogP contribution in [0, 0.1) is 0 Å². The quantitative estimate of drug-likeness (QED) is 0.375. The lowest BCUT2D eigenvalue weighted by Gasteiger charge is -1.88. The van der Waals surface area contributed by atoms with Gasteiger partial charge in [-0.15, -0.1) is 0 Å². The SMILES string of the molecule is C=C/C=C(\C=C/C)C(=O)Cl.CC. The van der Waals surface area contributed by atoms with Gasteiger partial charge in [-0.1, -0.05) is 44.7 Å². The van der Waals surface area contributed by atoms with Crippen LogP contribution in [0.25, 0.3) is 0 Å². The molecule has 1 nitrogen and oxygen atoms in total. The molecular weight excluding hydrogens is 172 g/mol. The normalized spacial score (nSPS) is 10.5. The molecule has 0 rings (SSSR count). The predicted octanol–water partition coefficient (Wildman–Crippen LogP) is 3.47. The summed E-state index contributed by atoms with van der Waals surface area (Å²) < 4.78 is 0. The topological polar surface area (TPSA) is 17.1 Å². The maximum absolute atomic E-state index is 10.5. The van der Waals surface area contributed by atoms with Gasteiger partial charge in [0.05, 0.1) is 0 Å². The van der Waals surface area contributed by atoms with Gasteiger partial charge in [0.2, 0.25) is 0 Å². The summed E-state index contributed by atoms with van der Waals surface area (Å²) in [4.78, 5) is 10.5. The standard InChI is InChI=1S/C8H9ClO.C2H6/c1-3-5-7(6-4-2)8(9)10;1-2/h3-6H,1H2,2H3;1-2H3/b6-4-,7-5+;. The summed E-state index contributed by atoms with van der Waals surface area (Å²) >= 11 is 5.20. The van der Waals surface area contributed by atoms with E-state index in [0.717, 1.165) is 0 Å². The van der Waals surface area contributed by atoms with E-state index >= 15 is 0 Å². The molecule has 2 heteroatoms. The molecule has 0 aromatic carbocycles. The van der Waals surface area contributed by atoms with E-state index < -0.39 is 5.24 Å². The number of hydrogen-bond acceptors (Lipinski definition) is 1. The number of hydrogen-bond donors (Lipinski definition) is 0. The smallest absolute Gasteiger partial charge is 0.252 e. The van der Waals surface area contributed by atoms with E-state index in [1.54, 1.807) is 18.2 Å². The Bertz CT molecular complexity index is 190.